The van der Waals surface area contributed by atoms with E-state index in [2.05, 4.69) is 28.9 Å². The molecule has 0 saturated carbocycles. The van der Waals surface area contributed by atoms with Gasteiger partial charge in [0.15, 0.2) is 0 Å². The van der Waals surface area contributed by atoms with E-state index in [0.29, 0.717) is 12.5 Å². The van der Waals surface area contributed by atoms with E-state index < -0.39 is 11.9 Å². The van der Waals surface area contributed by atoms with E-state index in [1.807, 2.05) is 12.1 Å². The van der Waals surface area contributed by atoms with Crippen LogP contribution in [-0.2, 0) is 14.3 Å². The van der Waals surface area contributed by atoms with Crippen LogP contribution in [0.25, 0.3) is 0 Å². The number of carbonyl (C=O) groups excluding carboxylic acids is 1. The minimum atomic E-state index is -1.54. The van der Waals surface area contributed by atoms with Crippen LogP contribution in [0.3, 0.4) is 0 Å². The van der Waals surface area contributed by atoms with Crippen molar-refractivity contribution in [2.75, 3.05) is 39.4 Å². The van der Waals surface area contributed by atoms with Crippen molar-refractivity contribution >= 4 is 17.7 Å². The number of aliphatic carboxylic acids is 1. The monoisotopic (exact) mass is 402 g/mol. The molecule has 0 aliphatic carbocycles. The zero-order valence-corrected chi connectivity index (χ0v) is 17.0. The summed E-state index contributed by atoms with van der Waals surface area (Å²) in [6.45, 7) is 6.64. The maximum atomic E-state index is 11.1. The first-order valence-corrected chi connectivity index (χ1v) is 10.4. The van der Waals surface area contributed by atoms with Crippen LogP contribution >= 0.6 is 0 Å². The third kappa shape index (κ3) is 6.56. The lowest BCUT2D eigenvalue weighted by atomic mass is 9.91. The summed E-state index contributed by atoms with van der Waals surface area (Å²) in [4.78, 5) is 28.6. The van der Waals surface area contributed by atoms with Crippen molar-refractivity contribution in [1.82, 2.24) is 4.90 Å². The normalized spacial score (nSPS) is 22.2. The third-order valence-electron chi connectivity index (χ3n) is 5.40. The Balaban J connectivity index is 1.37. The molecule has 0 bridgehead atoms. The van der Waals surface area contributed by atoms with Crippen LogP contribution in [0.1, 0.15) is 38.2 Å². The van der Waals surface area contributed by atoms with Crippen LogP contribution in [0.2, 0.25) is 0 Å². The lowest BCUT2D eigenvalue weighted by Gasteiger charge is -2.36. The van der Waals surface area contributed by atoms with Gasteiger partial charge >= 0.3 is 11.9 Å². The molecule has 0 amide bonds. The number of nitrogens with zero attached hydrogens (tertiary/aromatic N) is 2. The minimum Gasteiger partial charge on any atom is -0.494 e. The van der Waals surface area contributed by atoms with Crippen molar-refractivity contribution in [3.05, 3.63) is 29.8 Å². The zero-order chi connectivity index (χ0) is 20.6. The van der Waals surface area contributed by atoms with Gasteiger partial charge in [0.2, 0.25) is 0 Å². The highest BCUT2D eigenvalue weighted by atomic mass is 16.6. The van der Waals surface area contributed by atoms with Crippen molar-refractivity contribution in [3.63, 3.8) is 0 Å². The summed E-state index contributed by atoms with van der Waals surface area (Å²) in [5, 5.41) is 8.62. The Bertz CT molecular complexity index is 731. The molecule has 0 radical (unpaired) electrons. The fourth-order valence-electron chi connectivity index (χ4n) is 4.15. The molecule has 2 aliphatic rings. The van der Waals surface area contributed by atoms with Crippen molar-refractivity contribution < 1.29 is 24.2 Å². The van der Waals surface area contributed by atoms with Gasteiger partial charge < -0.3 is 19.5 Å². The molecule has 1 N–H and O–H groups in total. The highest BCUT2D eigenvalue weighted by Gasteiger charge is 2.26. The van der Waals surface area contributed by atoms with Crippen molar-refractivity contribution in [2.45, 2.75) is 32.6 Å². The summed E-state index contributed by atoms with van der Waals surface area (Å²) in [5.41, 5.74) is 2.38. The van der Waals surface area contributed by atoms with Gasteiger partial charge in [0, 0.05) is 37.8 Å². The summed E-state index contributed by atoms with van der Waals surface area (Å²) in [6.07, 6.45) is 4.05. The summed E-state index contributed by atoms with van der Waals surface area (Å²) in [5.74, 6) is -1.17. The highest BCUT2D eigenvalue weighted by Crippen LogP contribution is 2.22. The number of hydrogen-bond acceptors (Lipinski definition) is 6. The van der Waals surface area contributed by atoms with Gasteiger partial charge in [0.1, 0.15) is 5.75 Å². The lowest BCUT2D eigenvalue weighted by molar-refractivity contribution is -0.165. The molecule has 158 valence electrons. The quantitative estimate of drug-likeness (QED) is 0.409. The molecule has 1 saturated heterocycles. The minimum absolute atomic E-state index is 0.167. The predicted octanol–water partition coefficient (Wildman–Crippen LogP) is 2.62. The average molecular weight is 402 g/mol. The Morgan fingerprint density at radius 2 is 2.03 bits per heavy atom. The zero-order valence-electron chi connectivity index (χ0n) is 17.0. The molecule has 0 aromatic heterocycles. The topological polar surface area (TPSA) is 88.4 Å². The van der Waals surface area contributed by atoms with Gasteiger partial charge in [-0.2, -0.15) is 0 Å². The molecule has 1 fully saturated rings. The van der Waals surface area contributed by atoms with Crippen LogP contribution in [0.15, 0.2) is 29.3 Å². The number of carbonyl (C=O) groups is 2. The highest BCUT2D eigenvalue weighted by molar-refractivity contribution is 6.28. The summed E-state index contributed by atoms with van der Waals surface area (Å²) < 4.78 is 10.7. The molecule has 1 aromatic carbocycles. The molecule has 7 heteroatoms. The van der Waals surface area contributed by atoms with Gasteiger partial charge in [-0.1, -0.05) is 6.92 Å². The first-order chi connectivity index (χ1) is 14.0. The van der Waals surface area contributed by atoms with E-state index >= 15 is 0 Å². The van der Waals surface area contributed by atoms with E-state index in [9.17, 15) is 9.59 Å². The van der Waals surface area contributed by atoms with Gasteiger partial charge in [-0.05, 0) is 61.4 Å². The fraction of sp³-hybridized carbons (Fsp3) is 0.591. The Morgan fingerprint density at radius 3 is 2.72 bits per heavy atom. The molecule has 2 heterocycles. The fourth-order valence-corrected chi connectivity index (χ4v) is 4.15. The Morgan fingerprint density at radius 1 is 1.24 bits per heavy atom. The first-order valence-electron chi connectivity index (χ1n) is 10.4. The number of rotatable bonds is 8. The average Bonchev–Trinajstić information content (AvgIpc) is 3.24. The Kier molecular flexibility index (Phi) is 7.63. The van der Waals surface area contributed by atoms with E-state index in [-0.39, 0.29) is 12.5 Å². The maximum Gasteiger partial charge on any atom is 0.417 e. The van der Waals surface area contributed by atoms with Crippen LogP contribution in [0.4, 0.5) is 0 Å². The Hall–Kier alpha value is -2.41. The molecule has 3 rings (SSSR count). The van der Waals surface area contributed by atoms with Gasteiger partial charge in [-0.25, -0.2) is 9.59 Å². The number of carboxylic acids is 1. The smallest absolute Gasteiger partial charge is 0.417 e. The molecule has 1 aromatic rings. The molecule has 0 spiro atoms. The molecule has 2 atom stereocenters. The van der Waals surface area contributed by atoms with Gasteiger partial charge in [0.25, 0.3) is 0 Å². The number of ether oxygens (including phenoxy) is 2. The third-order valence-corrected chi connectivity index (χ3v) is 5.40. The standard InChI is InChI=1S/C22H30N2O5/c1-16-12-17(15-29-22(27)21(25)26)14-24(13-16)10-3-11-28-19-7-5-18(6-8-19)20-4-2-9-23-20/h5-8,16-17H,2-4,9-15H2,1H3,(H,25,26)/t16-,17-/m1/s1. The second-order valence-electron chi connectivity index (χ2n) is 8.03. The number of likely N-dealkylation sites (tertiary alicyclic amines) is 1. The second-order valence-corrected chi connectivity index (χ2v) is 8.03. The summed E-state index contributed by atoms with van der Waals surface area (Å²) >= 11 is 0. The number of aliphatic imine (C=N–C) groups is 1. The second kappa shape index (κ2) is 10.4. The van der Waals surface area contributed by atoms with Crippen molar-refractivity contribution in [1.29, 1.82) is 0 Å². The number of hydrogen-bond donors (Lipinski definition) is 1. The van der Waals surface area contributed by atoms with Crippen LogP contribution < -0.4 is 4.74 Å². The van der Waals surface area contributed by atoms with Crippen molar-refractivity contribution in [2.24, 2.45) is 16.8 Å². The molecule has 2 aliphatic heterocycles. The molecule has 0 unspecified atom stereocenters. The number of benzene rings is 1. The summed E-state index contributed by atoms with van der Waals surface area (Å²) in [7, 11) is 0. The van der Waals surface area contributed by atoms with E-state index in [1.54, 1.807) is 0 Å². The van der Waals surface area contributed by atoms with Crippen LogP contribution in [-0.4, -0.2) is 67.0 Å². The molecular weight excluding hydrogens is 372 g/mol. The van der Waals surface area contributed by atoms with E-state index in [1.165, 1.54) is 11.3 Å². The van der Waals surface area contributed by atoms with E-state index in [0.717, 1.165) is 57.6 Å². The number of piperidine rings is 1. The molecule has 7 nitrogen and oxygen atoms in total. The molecule has 29 heavy (non-hydrogen) atoms. The number of esters is 1. The van der Waals surface area contributed by atoms with Gasteiger partial charge in [-0.3, -0.25) is 4.99 Å². The van der Waals surface area contributed by atoms with Crippen LogP contribution in [0.5, 0.6) is 5.75 Å². The first kappa shape index (κ1) is 21.3. The van der Waals surface area contributed by atoms with Gasteiger partial charge in [0.05, 0.1) is 13.2 Å². The van der Waals surface area contributed by atoms with Gasteiger partial charge in [-0.15, -0.1) is 0 Å². The number of carboxylic acid groups (broad SMARTS) is 1. The predicted molar refractivity (Wildman–Crippen MR) is 109 cm³/mol. The van der Waals surface area contributed by atoms with Crippen LogP contribution in [0, 0.1) is 11.8 Å². The summed E-state index contributed by atoms with van der Waals surface area (Å²) in [6, 6.07) is 8.17. The van der Waals surface area contributed by atoms with E-state index in [4.69, 9.17) is 14.6 Å². The maximum absolute atomic E-state index is 11.1. The Labute approximate surface area is 171 Å². The molecular formula is C22H30N2O5. The SMILES string of the molecule is C[C@@H]1C[C@@H](COC(=O)C(=O)O)CN(CCCOc2ccc(C3=NCCC3)cc2)C1. The largest absolute Gasteiger partial charge is 0.494 e. The van der Waals surface area contributed by atoms with Crippen molar-refractivity contribution in [3.8, 4) is 5.75 Å². The lowest BCUT2D eigenvalue weighted by Crippen LogP contribution is -2.42.